The lowest BCUT2D eigenvalue weighted by molar-refractivity contribution is -0.173. The van der Waals surface area contributed by atoms with Crippen molar-refractivity contribution in [3.8, 4) is 5.75 Å². The molecule has 0 aliphatic rings. The van der Waals surface area contributed by atoms with Crippen LogP contribution in [0.25, 0.3) is 0 Å². The first-order valence-electron chi connectivity index (χ1n) is 6.62. The Morgan fingerprint density at radius 1 is 1.13 bits per heavy atom. The number of alkyl halides is 3. The predicted octanol–water partition coefficient (Wildman–Crippen LogP) is 2.13. The van der Waals surface area contributed by atoms with Crippen LogP contribution in [-0.4, -0.2) is 37.7 Å². The molecule has 0 fully saturated rings. The van der Waals surface area contributed by atoms with Gasteiger partial charge in [0.25, 0.3) is 5.91 Å². The molecule has 0 aliphatic heterocycles. The highest BCUT2D eigenvalue weighted by Gasteiger charge is 2.38. The molecule has 0 aliphatic carbocycles. The van der Waals surface area contributed by atoms with Gasteiger partial charge in [0.15, 0.2) is 6.61 Å². The van der Waals surface area contributed by atoms with Crippen LogP contribution in [-0.2, 0) is 9.59 Å². The highest BCUT2D eigenvalue weighted by Crippen LogP contribution is 2.25. The third-order valence-electron chi connectivity index (χ3n) is 2.77. The van der Waals surface area contributed by atoms with Crippen molar-refractivity contribution in [3.05, 3.63) is 28.3 Å². The molecule has 5 nitrogen and oxygen atoms in total. The first-order chi connectivity index (χ1) is 10.6. The fraction of sp³-hybridized carbons (Fsp3) is 0.429. The minimum Gasteiger partial charge on any atom is -0.484 e. The minimum absolute atomic E-state index is 0.136. The van der Waals surface area contributed by atoms with Crippen LogP contribution in [0.3, 0.4) is 0 Å². The molecule has 0 bridgehead atoms. The van der Waals surface area contributed by atoms with E-state index in [0.29, 0.717) is 10.8 Å². The monoisotopic (exact) mass is 352 g/mol. The largest absolute Gasteiger partial charge is 0.484 e. The van der Waals surface area contributed by atoms with Gasteiger partial charge in [-0.25, -0.2) is 0 Å². The molecule has 0 unspecified atom stereocenters. The summed E-state index contributed by atoms with van der Waals surface area (Å²) in [6.45, 7) is 2.83. The number of hydrogen-bond acceptors (Lipinski definition) is 3. The summed E-state index contributed by atoms with van der Waals surface area (Å²) in [6.07, 6.45) is -4.93. The second-order valence-corrected chi connectivity index (χ2v) is 5.14. The maximum atomic E-state index is 11.9. The summed E-state index contributed by atoms with van der Waals surface area (Å²) in [6, 6.07) is 3.35. The molecule has 0 spiro atoms. The molecule has 0 heterocycles. The van der Waals surface area contributed by atoms with Gasteiger partial charge in [-0.05, 0) is 37.1 Å². The lowest BCUT2D eigenvalue weighted by atomic mass is 10.1. The fourth-order valence-electron chi connectivity index (χ4n) is 1.67. The number of aryl methyl sites for hydroxylation is 2. The number of hydrogen-bond donors (Lipinski definition) is 2. The van der Waals surface area contributed by atoms with E-state index in [0.717, 1.165) is 11.1 Å². The molecule has 2 amide bonds. The van der Waals surface area contributed by atoms with Gasteiger partial charge in [-0.1, -0.05) is 11.6 Å². The molecule has 0 saturated heterocycles. The molecule has 9 heteroatoms. The summed E-state index contributed by atoms with van der Waals surface area (Å²) in [5.41, 5.74) is 1.61. The summed E-state index contributed by atoms with van der Waals surface area (Å²) in [4.78, 5) is 22.0. The van der Waals surface area contributed by atoms with Crippen LogP contribution in [0, 0.1) is 13.8 Å². The average Bonchev–Trinajstić information content (AvgIpc) is 2.45. The minimum atomic E-state index is -4.93. The molecule has 0 atom stereocenters. The van der Waals surface area contributed by atoms with Crippen LogP contribution in [0.1, 0.15) is 11.1 Å². The van der Waals surface area contributed by atoms with Gasteiger partial charge in [-0.2, -0.15) is 13.2 Å². The molecule has 1 aromatic rings. The number of amides is 2. The summed E-state index contributed by atoms with van der Waals surface area (Å²) in [5.74, 6) is -2.10. The topological polar surface area (TPSA) is 67.4 Å². The smallest absolute Gasteiger partial charge is 0.471 e. The van der Waals surface area contributed by atoms with Gasteiger partial charge < -0.3 is 15.4 Å². The normalized spacial score (nSPS) is 11.0. The van der Waals surface area contributed by atoms with Gasteiger partial charge in [0.05, 0.1) is 0 Å². The third kappa shape index (κ3) is 6.35. The first-order valence-corrected chi connectivity index (χ1v) is 7.00. The van der Waals surface area contributed by atoms with Crippen molar-refractivity contribution in [3.63, 3.8) is 0 Å². The number of nitrogens with one attached hydrogen (secondary N) is 2. The zero-order chi connectivity index (χ0) is 17.6. The summed E-state index contributed by atoms with van der Waals surface area (Å²) in [7, 11) is 0. The third-order valence-corrected chi connectivity index (χ3v) is 3.37. The quantitative estimate of drug-likeness (QED) is 0.771. The Balaban J connectivity index is 2.31. The van der Waals surface area contributed by atoms with Crippen LogP contribution >= 0.6 is 11.6 Å². The van der Waals surface area contributed by atoms with Crippen LogP contribution in [0.2, 0.25) is 5.02 Å². The molecular formula is C14H16ClF3N2O3. The number of carbonyl (C=O) groups excluding carboxylic acids is 2. The highest BCUT2D eigenvalue weighted by atomic mass is 35.5. The maximum Gasteiger partial charge on any atom is 0.471 e. The van der Waals surface area contributed by atoms with Crippen molar-refractivity contribution in [2.24, 2.45) is 0 Å². The second-order valence-electron chi connectivity index (χ2n) is 4.76. The molecule has 1 aromatic carbocycles. The Morgan fingerprint density at radius 2 is 1.65 bits per heavy atom. The summed E-state index contributed by atoms with van der Waals surface area (Å²) >= 11 is 6.01. The number of halogens is 4. The predicted molar refractivity (Wildman–Crippen MR) is 78.5 cm³/mol. The molecule has 128 valence electrons. The fourth-order valence-corrected chi connectivity index (χ4v) is 1.78. The molecule has 23 heavy (non-hydrogen) atoms. The van der Waals surface area contributed by atoms with E-state index < -0.39 is 18.0 Å². The zero-order valence-electron chi connectivity index (χ0n) is 12.5. The highest BCUT2D eigenvalue weighted by molar-refractivity contribution is 6.32. The first kappa shape index (κ1) is 19.1. The van der Waals surface area contributed by atoms with Gasteiger partial charge in [-0.15, -0.1) is 0 Å². The van der Waals surface area contributed by atoms with E-state index in [9.17, 15) is 22.8 Å². The van der Waals surface area contributed by atoms with Crippen LogP contribution < -0.4 is 15.4 Å². The van der Waals surface area contributed by atoms with E-state index in [-0.39, 0.29) is 19.7 Å². The van der Waals surface area contributed by atoms with Gasteiger partial charge in [-0.3, -0.25) is 9.59 Å². The number of benzene rings is 1. The van der Waals surface area contributed by atoms with Gasteiger partial charge in [0.2, 0.25) is 0 Å². The van der Waals surface area contributed by atoms with Crippen molar-refractivity contribution >= 4 is 23.4 Å². The Bertz CT molecular complexity index is 568. The Kier molecular flexibility index (Phi) is 6.68. The van der Waals surface area contributed by atoms with Crippen LogP contribution in [0.4, 0.5) is 13.2 Å². The molecule has 0 saturated carbocycles. The van der Waals surface area contributed by atoms with E-state index in [2.05, 4.69) is 5.32 Å². The van der Waals surface area contributed by atoms with Crippen molar-refractivity contribution in [2.75, 3.05) is 19.7 Å². The average molecular weight is 353 g/mol. The van der Waals surface area contributed by atoms with Crippen LogP contribution in [0.5, 0.6) is 5.75 Å². The lowest BCUT2D eigenvalue weighted by Gasteiger charge is -2.11. The van der Waals surface area contributed by atoms with Gasteiger partial charge in [0.1, 0.15) is 5.75 Å². The van der Waals surface area contributed by atoms with Crippen molar-refractivity contribution in [2.45, 2.75) is 20.0 Å². The van der Waals surface area contributed by atoms with Crippen molar-refractivity contribution < 1.29 is 27.5 Å². The standard InChI is InChI=1S/C14H16ClF3N2O3/c1-8-5-10(6-9(2)12(8)15)23-7-11(21)19-3-4-20-13(22)14(16,17)18/h5-6H,3-4,7H2,1-2H3,(H,19,21)(H,20,22). The SMILES string of the molecule is Cc1cc(OCC(=O)NCCNC(=O)C(F)(F)F)cc(C)c1Cl. The molecule has 1 rings (SSSR count). The maximum absolute atomic E-state index is 11.9. The Labute approximate surface area is 136 Å². The van der Waals surface area contributed by atoms with E-state index in [1.165, 1.54) is 0 Å². The van der Waals surface area contributed by atoms with Crippen molar-refractivity contribution in [1.82, 2.24) is 10.6 Å². The molecule has 0 aromatic heterocycles. The number of rotatable bonds is 6. The van der Waals surface area contributed by atoms with Gasteiger partial charge >= 0.3 is 12.1 Å². The van der Waals surface area contributed by atoms with Crippen molar-refractivity contribution in [1.29, 1.82) is 0 Å². The summed E-state index contributed by atoms with van der Waals surface area (Å²) < 4.78 is 41.0. The Hall–Kier alpha value is -1.96. The van der Waals surface area contributed by atoms with E-state index in [1.807, 2.05) is 0 Å². The van der Waals surface area contributed by atoms with E-state index in [4.69, 9.17) is 16.3 Å². The summed E-state index contributed by atoms with van der Waals surface area (Å²) in [5, 5.41) is 4.58. The second kappa shape index (κ2) is 8.05. The van der Waals surface area contributed by atoms with E-state index in [1.54, 1.807) is 31.3 Å². The lowest BCUT2D eigenvalue weighted by Crippen LogP contribution is -2.41. The molecule has 0 radical (unpaired) electrons. The molecular weight excluding hydrogens is 337 g/mol. The van der Waals surface area contributed by atoms with Gasteiger partial charge in [0, 0.05) is 18.1 Å². The Morgan fingerprint density at radius 3 is 2.17 bits per heavy atom. The van der Waals surface area contributed by atoms with Crippen LogP contribution in [0.15, 0.2) is 12.1 Å². The number of ether oxygens (including phenoxy) is 1. The van der Waals surface area contributed by atoms with E-state index >= 15 is 0 Å². The number of carbonyl (C=O) groups is 2. The zero-order valence-corrected chi connectivity index (χ0v) is 13.3. The molecule has 2 N–H and O–H groups in total.